The second-order valence-corrected chi connectivity index (χ2v) is 7.15. The van der Waals surface area contributed by atoms with E-state index in [1.165, 1.54) is 6.07 Å². The fraction of sp³-hybridized carbons (Fsp3) is 0.538. The Bertz CT molecular complexity index is 582. The van der Waals surface area contributed by atoms with Crippen molar-refractivity contribution in [2.75, 3.05) is 19.8 Å². The van der Waals surface area contributed by atoms with Gasteiger partial charge in [0.15, 0.2) is 0 Å². The highest BCUT2D eigenvalue weighted by atomic mass is 35.5. The average Bonchev–Trinajstić information content (AvgIpc) is 2.42. The molecule has 1 heterocycles. The third-order valence-electron chi connectivity index (χ3n) is 3.54. The van der Waals surface area contributed by atoms with Crippen LogP contribution in [0.25, 0.3) is 0 Å². The van der Waals surface area contributed by atoms with Crippen molar-refractivity contribution >= 4 is 21.6 Å². The molecule has 5 nitrogen and oxygen atoms in total. The molecule has 1 aromatic rings. The molecule has 0 spiro atoms. The number of benzene rings is 1. The normalized spacial score (nSPS) is 18.9. The molecule has 0 aromatic heterocycles. The zero-order valence-corrected chi connectivity index (χ0v) is 12.8. The van der Waals surface area contributed by atoms with Gasteiger partial charge in [-0.05, 0) is 37.5 Å². The lowest BCUT2D eigenvalue weighted by molar-refractivity contribution is 0.0223. The van der Waals surface area contributed by atoms with Gasteiger partial charge >= 0.3 is 0 Å². The van der Waals surface area contributed by atoms with Crippen LogP contribution in [0.2, 0.25) is 5.02 Å². The summed E-state index contributed by atoms with van der Waals surface area (Å²) in [5, 5.41) is 9.93. The van der Waals surface area contributed by atoms with Gasteiger partial charge in [-0.15, -0.1) is 0 Å². The number of nitrogens with one attached hydrogen (secondary N) is 1. The van der Waals surface area contributed by atoms with Gasteiger partial charge in [0.25, 0.3) is 0 Å². The van der Waals surface area contributed by atoms with Crippen LogP contribution in [0, 0.1) is 6.92 Å². The standard InChI is InChI=1S/C13H18ClNO4S/c1-10-2-3-11(14)8-12(10)20(17,18)15-13(9-16)4-6-19-7-5-13/h2-3,8,15-16H,4-7,9H2,1H3. The van der Waals surface area contributed by atoms with Crippen molar-refractivity contribution in [2.24, 2.45) is 0 Å². The Hall–Kier alpha value is -0.660. The minimum absolute atomic E-state index is 0.143. The summed E-state index contributed by atoms with van der Waals surface area (Å²) in [5.74, 6) is 0. The van der Waals surface area contributed by atoms with Crippen molar-refractivity contribution in [3.05, 3.63) is 28.8 Å². The highest BCUT2D eigenvalue weighted by Gasteiger charge is 2.36. The molecule has 1 aliphatic rings. The summed E-state index contributed by atoms with van der Waals surface area (Å²) in [6.45, 7) is 2.31. The summed E-state index contributed by atoms with van der Waals surface area (Å²) in [4.78, 5) is 0.143. The molecule has 20 heavy (non-hydrogen) atoms. The van der Waals surface area contributed by atoms with E-state index in [4.69, 9.17) is 16.3 Å². The van der Waals surface area contributed by atoms with E-state index < -0.39 is 15.6 Å². The van der Waals surface area contributed by atoms with Gasteiger partial charge in [-0.25, -0.2) is 13.1 Å². The number of aliphatic hydroxyl groups is 1. The van der Waals surface area contributed by atoms with Gasteiger partial charge < -0.3 is 9.84 Å². The molecule has 0 unspecified atom stereocenters. The number of aryl methyl sites for hydroxylation is 1. The summed E-state index contributed by atoms with van der Waals surface area (Å²) in [7, 11) is -3.73. The first-order valence-electron chi connectivity index (χ1n) is 6.37. The van der Waals surface area contributed by atoms with E-state index in [0.717, 1.165) is 0 Å². The van der Waals surface area contributed by atoms with Crippen molar-refractivity contribution in [1.29, 1.82) is 0 Å². The molecule has 0 aliphatic carbocycles. The number of ether oxygens (including phenoxy) is 1. The van der Waals surface area contributed by atoms with E-state index in [0.29, 0.717) is 36.6 Å². The number of rotatable bonds is 4. The molecular formula is C13H18ClNO4S. The van der Waals surface area contributed by atoms with Crippen LogP contribution in [0.3, 0.4) is 0 Å². The van der Waals surface area contributed by atoms with Crippen molar-refractivity contribution in [3.8, 4) is 0 Å². The fourth-order valence-electron chi connectivity index (χ4n) is 2.26. The summed E-state index contributed by atoms with van der Waals surface area (Å²) in [6, 6.07) is 4.72. The van der Waals surface area contributed by atoms with Crippen LogP contribution in [-0.2, 0) is 14.8 Å². The quantitative estimate of drug-likeness (QED) is 0.881. The first-order chi connectivity index (χ1) is 9.38. The lowest BCUT2D eigenvalue weighted by Gasteiger charge is -2.36. The molecule has 0 saturated carbocycles. The Labute approximate surface area is 124 Å². The predicted molar refractivity (Wildman–Crippen MR) is 76.4 cm³/mol. The predicted octanol–water partition coefficient (Wildman–Crippen LogP) is 1.47. The van der Waals surface area contributed by atoms with E-state index in [-0.39, 0.29) is 11.5 Å². The molecule has 0 atom stereocenters. The minimum atomic E-state index is -3.73. The van der Waals surface area contributed by atoms with Gasteiger partial charge in [0, 0.05) is 18.2 Å². The Morgan fingerprint density at radius 1 is 1.40 bits per heavy atom. The highest BCUT2D eigenvalue weighted by Crippen LogP contribution is 2.26. The van der Waals surface area contributed by atoms with Crippen molar-refractivity contribution in [3.63, 3.8) is 0 Å². The maximum Gasteiger partial charge on any atom is 0.241 e. The second-order valence-electron chi connectivity index (χ2n) is 5.07. The van der Waals surface area contributed by atoms with E-state index in [1.807, 2.05) is 0 Å². The summed E-state index contributed by atoms with van der Waals surface area (Å²) >= 11 is 5.87. The van der Waals surface area contributed by atoms with Crippen LogP contribution in [-0.4, -0.2) is 38.9 Å². The number of hydrogen-bond acceptors (Lipinski definition) is 4. The van der Waals surface area contributed by atoms with Gasteiger partial charge in [-0.1, -0.05) is 17.7 Å². The van der Waals surface area contributed by atoms with Crippen molar-refractivity contribution in [2.45, 2.75) is 30.2 Å². The van der Waals surface area contributed by atoms with Crippen LogP contribution >= 0.6 is 11.6 Å². The maximum absolute atomic E-state index is 12.5. The lowest BCUT2D eigenvalue weighted by Crippen LogP contribution is -2.54. The molecule has 2 N–H and O–H groups in total. The second kappa shape index (κ2) is 5.99. The molecule has 0 radical (unpaired) electrons. The van der Waals surface area contributed by atoms with Gasteiger partial charge in [0.05, 0.1) is 17.0 Å². The third-order valence-corrected chi connectivity index (χ3v) is 5.50. The Kier molecular flexibility index (Phi) is 4.71. The van der Waals surface area contributed by atoms with Gasteiger partial charge in [-0.3, -0.25) is 0 Å². The van der Waals surface area contributed by atoms with Gasteiger partial charge in [0.2, 0.25) is 10.0 Å². The van der Waals surface area contributed by atoms with Crippen LogP contribution in [0.15, 0.2) is 23.1 Å². The molecule has 7 heteroatoms. The molecule has 0 amide bonds. The summed E-state index contributed by atoms with van der Waals surface area (Å²) in [5.41, 5.74) is -0.242. The highest BCUT2D eigenvalue weighted by molar-refractivity contribution is 7.89. The van der Waals surface area contributed by atoms with Gasteiger partial charge in [0.1, 0.15) is 0 Å². The smallest absolute Gasteiger partial charge is 0.241 e. The monoisotopic (exact) mass is 319 g/mol. The first kappa shape index (κ1) is 15.7. The maximum atomic E-state index is 12.5. The Morgan fingerprint density at radius 3 is 2.65 bits per heavy atom. The Morgan fingerprint density at radius 2 is 2.05 bits per heavy atom. The van der Waals surface area contributed by atoms with Gasteiger partial charge in [-0.2, -0.15) is 0 Å². The molecule has 1 aromatic carbocycles. The molecule has 1 saturated heterocycles. The summed E-state index contributed by atoms with van der Waals surface area (Å²) in [6.07, 6.45) is 0.894. The molecular weight excluding hydrogens is 302 g/mol. The largest absolute Gasteiger partial charge is 0.394 e. The molecule has 1 fully saturated rings. The molecule has 112 valence electrons. The number of aliphatic hydroxyl groups excluding tert-OH is 1. The van der Waals surface area contributed by atoms with E-state index in [1.54, 1.807) is 19.1 Å². The molecule has 1 aliphatic heterocycles. The van der Waals surface area contributed by atoms with Crippen molar-refractivity contribution in [1.82, 2.24) is 4.72 Å². The van der Waals surface area contributed by atoms with Crippen LogP contribution in [0.1, 0.15) is 18.4 Å². The zero-order valence-electron chi connectivity index (χ0n) is 11.2. The van der Waals surface area contributed by atoms with Crippen LogP contribution in [0.4, 0.5) is 0 Å². The third kappa shape index (κ3) is 3.32. The Balaban J connectivity index is 2.32. The number of sulfonamides is 1. The lowest BCUT2D eigenvalue weighted by atomic mass is 9.93. The minimum Gasteiger partial charge on any atom is -0.394 e. The fourth-order valence-corrected chi connectivity index (χ4v) is 4.22. The first-order valence-corrected chi connectivity index (χ1v) is 8.23. The number of halogens is 1. The van der Waals surface area contributed by atoms with Crippen molar-refractivity contribution < 1.29 is 18.3 Å². The van der Waals surface area contributed by atoms with Crippen LogP contribution in [0.5, 0.6) is 0 Å². The number of hydrogen-bond donors (Lipinski definition) is 2. The van der Waals surface area contributed by atoms with E-state index in [2.05, 4.69) is 4.72 Å². The van der Waals surface area contributed by atoms with E-state index in [9.17, 15) is 13.5 Å². The van der Waals surface area contributed by atoms with Crippen LogP contribution < -0.4 is 4.72 Å². The molecule has 2 rings (SSSR count). The molecule has 0 bridgehead atoms. The summed E-state index contributed by atoms with van der Waals surface area (Å²) < 4.78 is 32.9. The SMILES string of the molecule is Cc1ccc(Cl)cc1S(=O)(=O)NC1(CO)CCOCC1. The van der Waals surface area contributed by atoms with E-state index >= 15 is 0 Å². The topological polar surface area (TPSA) is 75.6 Å². The average molecular weight is 320 g/mol. The zero-order chi connectivity index (χ0) is 14.8.